The molecule has 1 atom stereocenters. The van der Waals surface area contributed by atoms with Crippen LogP contribution in [0.4, 0.5) is 4.79 Å². The maximum absolute atomic E-state index is 12.3. The summed E-state index contributed by atoms with van der Waals surface area (Å²) in [6, 6.07) is -0.0968. The van der Waals surface area contributed by atoms with Gasteiger partial charge in [-0.15, -0.1) is 0 Å². The van der Waals surface area contributed by atoms with E-state index in [9.17, 15) is 4.79 Å². The van der Waals surface area contributed by atoms with Crippen LogP contribution in [0.15, 0.2) is 10.7 Å². The largest absolute Gasteiger partial charge is 0.444 e. The van der Waals surface area contributed by atoms with Crippen LogP contribution < -0.4 is 5.32 Å². The number of rotatable bonds is 1. The van der Waals surface area contributed by atoms with Gasteiger partial charge in [0.2, 0.25) is 0 Å². The van der Waals surface area contributed by atoms with Crippen LogP contribution in [0, 0.1) is 0 Å². The molecule has 2 N–H and O–H groups in total. The minimum absolute atomic E-state index is 0.0968. The van der Waals surface area contributed by atoms with E-state index in [4.69, 9.17) is 4.74 Å². The van der Waals surface area contributed by atoms with Gasteiger partial charge < -0.3 is 10.1 Å². The number of hydrogen-bond acceptors (Lipinski definition) is 4. The summed E-state index contributed by atoms with van der Waals surface area (Å²) in [5.74, 6) is 0. The molecular formula is C12H19BrN4O2. The van der Waals surface area contributed by atoms with E-state index in [-0.39, 0.29) is 12.1 Å². The van der Waals surface area contributed by atoms with Gasteiger partial charge in [0.05, 0.1) is 22.4 Å². The zero-order valence-electron chi connectivity index (χ0n) is 11.4. The monoisotopic (exact) mass is 330 g/mol. The highest BCUT2D eigenvalue weighted by Crippen LogP contribution is 2.28. The van der Waals surface area contributed by atoms with Gasteiger partial charge in [0.25, 0.3) is 0 Å². The number of nitrogens with zero attached hydrogens (tertiary/aromatic N) is 2. The van der Waals surface area contributed by atoms with Crippen LogP contribution in [0.1, 0.15) is 32.5 Å². The first-order valence-electron chi connectivity index (χ1n) is 6.27. The number of carbonyl (C=O) groups excluding carboxylic acids is 1. The fourth-order valence-electron chi connectivity index (χ4n) is 2.02. The first-order chi connectivity index (χ1) is 8.88. The quantitative estimate of drug-likeness (QED) is 0.826. The van der Waals surface area contributed by atoms with Crippen molar-refractivity contribution in [1.82, 2.24) is 20.4 Å². The Kier molecular flexibility index (Phi) is 4.15. The molecule has 0 spiro atoms. The first kappa shape index (κ1) is 14.3. The minimum atomic E-state index is -0.488. The SMILES string of the molecule is CC(C)(C)OC(=O)N1CCNCC1c1[nH]ncc1Br. The van der Waals surface area contributed by atoms with Crippen LogP contribution in [0.2, 0.25) is 0 Å². The van der Waals surface area contributed by atoms with Crippen molar-refractivity contribution in [3.63, 3.8) is 0 Å². The summed E-state index contributed by atoms with van der Waals surface area (Å²) in [4.78, 5) is 14.0. The van der Waals surface area contributed by atoms with Gasteiger partial charge in [0.1, 0.15) is 5.60 Å². The number of halogens is 1. The number of piperazine rings is 1. The van der Waals surface area contributed by atoms with Crippen LogP contribution in [0.25, 0.3) is 0 Å². The summed E-state index contributed by atoms with van der Waals surface area (Å²) in [6.07, 6.45) is 1.40. The zero-order valence-corrected chi connectivity index (χ0v) is 13.0. The predicted molar refractivity (Wildman–Crippen MR) is 74.8 cm³/mol. The Morgan fingerprint density at radius 2 is 2.32 bits per heavy atom. The Morgan fingerprint density at radius 3 is 2.89 bits per heavy atom. The normalized spacial score (nSPS) is 20.4. The molecule has 0 radical (unpaired) electrons. The molecule has 2 heterocycles. The van der Waals surface area contributed by atoms with Crippen molar-refractivity contribution in [1.29, 1.82) is 0 Å². The van der Waals surface area contributed by atoms with Crippen LogP contribution in [-0.4, -0.2) is 46.4 Å². The van der Waals surface area contributed by atoms with Gasteiger partial charge in [-0.05, 0) is 36.7 Å². The van der Waals surface area contributed by atoms with Crippen molar-refractivity contribution in [3.05, 3.63) is 16.4 Å². The highest BCUT2D eigenvalue weighted by atomic mass is 79.9. The molecule has 1 aliphatic heterocycles. The summed E-state index contributed by atoms with van der Waals surface area (Å²) in [6.45, 7) is 7.67. The lowest BCUT2D eigenvalue weighted by Gasteiger charge is -2.36. The van der Waals surface area contributed by atoms with E-state index in [2.05, 4.69) is 31.4 Å². The number of H-pyrrole nitrogens is 1. The molecule has 1 amide bonds. The fraction of sp³-hybridized carbons (Fsp3) is 0.667. The maximum Gasteiger partial charge on any atom is 0.410 e. The molecule has 1 aromatic rings. The second-order valence-corrected chi connectivity index (χ2v) is 6.38. The van der Waals surface area contributed by atoms with Crippen molar-refractivity contribution in [3.8, 4) is 0 Å². The molecule has 19 heavy (non-hydrogen) atoms. The summed E-state index contributed by atoms with van der Waals surface area (Å²) in [7, 11) is 0. The molecule has 1 fully saturated rings. The van der Waals surface area contributed by atoms with Crippen LogP contribution >= 0.6 is 15.9 Å². The van der Waals surface area contributed by atoms with Crippen molar-refractivity contribution in [2.45, 2.75) is 32.4 Å². The third-order valence-electron chi connectivity index (χ3n) is 2.82. The average molecular weight is 331 g/mol. The Hall–Kier alpha value is -1.08. The fourth-order valence-corrected chi connectivity index (χ4v) is 2.47. The summed E-state index contributed by atoms with van der Waals surface area (Å²) < 4.78 is 6.33. The smallest absolute Gasteiger partial charge is 0.410 e. The summed E-state index contributed by atoms with van der Waals surface area (Å²) in [5.41, 5.74) is 0.399. The number of aromatic nitrogens is 2. The molecule has 1 saturated heterocycles. The minimum Gasteiger partial charge on any atom is -0.444 e. The number of aromatic amines is 1. The van der Waals surface area contributed by atoms with E-state index in [1.54, 1.807) is 11.1 Å². The molecule has 2 rings (SSSR count). The van der Waals surface area contributed by atoms with Gasteiger partial charge in [-0.1, -0.05) is 0 Å². The van der Waals surface area contributed by atoms with Crippen molar-refractivity contribution in [2.24, 2.45) is 0 Å². The van der Waals surface area contributed by atoms with Crippen LogP contribution in [0.5, 0.6) is 0 Å². The lowest BCUT2D eigenvalue weighted by molar-refractivity contribution is 0.0112. The van der Waals surface area contributed by atoms with Crippen LogP contribution in [0.3, 0.4) is 0 Å². The van der Waals surface area contributed by atoms with E-state index < -0.39 is 5.60 Å². The standard InChI is InChI=1S/C12H19BrN4O2/c1-12(2,3)19-11(18)17-5-4-14-7-9(17)10-8(13)6-15-16-10/h6,9,14H,4-5,7H2,1-3H3,(H,15,16). The molecule has 1 unspecified atom stereocenters. The lowest BCUT2D eigenvalue weighted by Crippen LogP contribution is -2.50. The van der Waals surface area contributed by atoms with Gasteiger partial charge in [-0.3, -0.25) is 10.00 Å². The molecule has 0 saturated carbocycles. The summed E-state index contributed by atoms with van der Waals surface area (Å²) >= 11 is 3.44. The van der Waals surface area contributed by atoms with Gasteiger partial charge in [-0.2, -0.15) is 5.10 Å². The van der Waals surface area contributed by atoms with E-state index in [1.165, 1.54) is 0 Å². The Labute approximate surface area is 121 Å². The molecule has 1 aliphatic rings. The molecule has 0 bridgehead atoms. The second kappa shape index (κ2) is 5.50. The third kappa shape index (κ3) is 3.48. The Balaban J connectivity index is 2.17. The molecule has 106 valence electrons. The predicted octanol–water partition coefficient (Wildman–Crippen LogP) is 2.05. The highest BCUT2D eigenvalue weighted by Gasteiger charge is 2.33. The highest BCUT2D eigenvalue weighted by molar-refractivity contribution is 9.10. The number of nitrogens with one attached hydrogen (secondary N) is 2. The Morgan fingerprint density at radius 1 is 1.58 bits per heavy atom. The lowest BCUT2D eigenvalue weighted by atomic mass is 10.1. The molecule has 1 aromatic heterocycles. The maximum atomic E-state index is 12.3. The van der Waals surface area contributed by atoms with Gasteiger partial charge in [0, 0.05) is 19.6 Å². The first-order valence-corrected chi connectivity index (χ1v) is 7.07. The molecule has 0 aliphatic carbocycles. The van der Waals surface area contributed by atoms with Gasteiger partial charge >= 0.3 is 6.09 Å². The van der Waals surface area contributed by atoms with E-state index in [0.29, 0.717) is 13.1 Å². The zero-order chi connectivity index (χ0) is 14.0. The molecule has 0 aromatic carbocycles. The van der Waals surface area contributed by atoms with Gasteiger partial charge in [0.15, 0.2) is 0 Å². The molecule has 7 heteroatoms. The van der Waals surface area contributed by atoms with Crippen molar-refractivity contribution >= 4 is 22.0 Å². The van der Waals surface area contributed by atoms with Gasteiger partial charge in [-0.25, -0.2) is 4.79 Å². The number of carbonyl (C=O) groups is 1. The summed E-state index contributed by atoms with van der Waals surface area (Å²) in [5, 5.41) is 10.2. The van der Waals surface area contributed by atoms with Crippen molar-refractivity contribution in [2.75, 3.05) is 19.6 Å². The Bertz CT molecular complexity index is 455. The second-order valence-electron chi connectivity index (χ2n) is 5.53. The molecule has 6 nitrogen and oxygen atoms in total. The van der Waals surface area contributed by atoms with E-state index >= 15 is 0 Å². The third-order valence-corrected chi connectivity index (χ3v) is 3.46. The number of amides is 1. The van der Waals surface area contributed by atoms with Crippen molar-refractivity contribution < 1.29 is 9.53 Å². The van der Waals surface area contributed by atoms with E-state index in [0.717, 1.165) is 16.7 Å². The topological polar surface area (TPSA) is 70.2 Å². The molecular weight excluding hydrogens is 312 g/mol. The van der Waals surface area contributed by atoms with Crippen LogP contribution in [-0.2, 0) is 4.74 Å². The number of ether oxygens (including phenoxy) is 1. The van der Waals surface area contributed by atoms with E-state index in [1.807, 2.05) is 20.8 Å². The average Bonchev–Trinajstić information content (AvgIpc) is 2.73. The number of hydrogen-bond donors (Lipinski definition) is 2.